The lowest BCUT2D eigenvalue weighted by atomic mass is 10.0. The third-order valence-corrected chi connectivity index (χ3v) is 13.6. The highest BCUT2D eigenvalue weighted by molar-refractivity contribution is 9.11. The molecule has 99 heavy (non-hydrogen) atoms. The molecule has 0 fully saturated rings. The highest BCUT2D eigenvalue weighted by atomic mass is 79.9. The number of ether oxygens (including phenoxy) is 2. The summed E-state index contributed by atoms with van der Waals surface area (Å²) in [6.45, 7) is 1.81. The molecule has 0 spiro atoms. The second-order valence-corrected chi connectivity index (χ2v) is 21.6. The van der Waals surface area contributed by atoms with E-state index < -0.39 is 24.1 Å². The predicted molar refractivity (Wildman–Crippen MR) is 378 cm³/mol. The summed E-state index contributed by atoms with van der Waals surface area (Å²) >= 11 is 9.94. The lowest BCUT2D eigenvalue weighted by molar-refractivity contribution is -0.191. The van der Waals surface area contributed by atoms with Crippen LogP contribution in [-0.2, 0) is 19.1 Å². The Morgan fingerprint density at radius 1 is 0.505 bits per heavy atom. The number of benzene rings is 10. The van der Waals surface area contributed by atoms with Crippen molar-refractivity contribution < 1.29 is 72.4 Å². The lowest BCUT2D eigenvalue weighted by Crippen LogP contribution is -2.13. The molecule has 2 heterocycles. The first-order valence-corrected chi connectivity index (χ1v) is 31.1. The first kappa shape index (κ1) is 77.5. The van der Waals surface area contributed by atoms with E-state index in [2.05, 4.69) is 112 Å². The number of nitrogens with zero attached hydrogens (tertiary/aromatic N) is 6. The molecular formula is C73H56BBr3N7O15. The smallest absolute Gasteiger partial charge is 0.537 e. The quantitative estimate of drug-likeness (QED) is 0.0144. The molecule has 0 aliphatic heterocycles. The number of halogens is 3. The molecule has 0 bridgehead atoms. The van der Waals surface area contributed by atoms with Crippen LogP contribution in [0, 0.1) is 11.3 Å². The number of aromatic nitrogens is 4. The van der Waals surface area contributed by atoms with Gasteiger partial charge in [0.25, 0.3) is 11.8 Å². The van der Waals surface area contributed by atoms with Crippen molar-refractivity contribution in [3.8, 4) is 68.6 Å². The number of hydrogen-bond acceptors (Lipinski definition) is 19. The molecule has 26 heteroatoms. The van der Waals surface area contributed by atoms with Crippen molar-refractivity contribution in [3.05, 3.63) is 314 Å². The molecule has 1 radical (unpaired) electrons. The number of aromatic carboxylic acids is 2. The van der Waals surface area contributed by atoms with Gasteiger partial charge in [-0.3, -0.25) is 0 Å². The van der Waals surface area contributed by atoms with Gasteiger partial charge in [-0.1, -0.05) is 221 Å². The molecule has 497 valence electrons. The number of amidine groups is 1. The van der Waals surface area contributed by atoms with Crippen molar-refractivity contribution in [2.24, 2.45) is 10.9 Å². The Bertz CT molecular complexity index is 4570. The van der Waals surface area contributed by atoms with Crippen LogP contribution < -0.4 is 10.4 Å². The summed E-state index contributed by atoms with van der Waals surface area (Å²) < 4.78 is 26.9. The van der Waals surface area contributed by atoms with Gasteiger partial charge >= 0.3 is 37.9 Å². The highest BCUT2D eigenvalue weighted by Gasteiger charge is 2.14. The SMILES string of the molecule is Brc1cccc(-c2noc(-c3ccccc3)n2)c1.CCOC(=O)OC(=O)c1ccccc1.N#Cc1cccc(Br)c1.N/C(=N/O)c1cccc(Br)c1.O=C(O)c1cccc(O[B]O)c1.O=C(O)c1ccccc1.O=C=O.c1ccc(-c2cccc(-c3noc(-c4ccccc4)n3)c2)cc1. The van der Waals surface area contributed by atoms with Gasteiger partial charge < -0.3 is 49.4 Å². The minimum atomic E-state index is -1.03. The van der Waals surface area contributed by atoms with Crippen molar-refractivity contribution in [1.29, 1.82) is 5.26 Å². The second-order valence-electron chi connectivity index (χ2n) is 18.9. The van der Waals surface area contributed by atoms with Gasteiger partial charge in [0.1, 0.15) is 5.75 Å². The van der Waals surface area contributed by atoms with Crippen molar-refractivity contribution >= 4 is 91.5 Å². The van der Waals surface area contributed by atoms with Crippen LogP contribution in [0.25, 0.3) is 56.8 Å². The summed E-state index contributed by atoms with van der Waals surface area (Å²) in [7, 11) is 0.501. The number of rotatable bonds is 12. The van der Waals surface area contributed by atoms with E-state index in [1.165, 1.54) is 23.8 Å². The van der Waals surface area contributed by atoms with Crippen LogP contribution in [0.5, 0.6) is 5.75 Å². The van der Waals surface area contributed by atoms with E-state index in [0.29, 0.717) is 53.4 Å². The van der Waals surface area contributed by atoms with Gasteiger partial charge in [-0.05, 0) is 133 Å². The average Bonchev–Trinajstić information content (AvgIpc) is 1.74. The van der Waals surface area contributed by atoms with Crippen LogP contribution in [0.1, 0.15) is 49.1 Å². The maximum atomic E-state index is 11.2. The summed E-state index contributed by atoms with van der Waals surface area (Å²) in [4.78, 5) is 67.7. The number of hydrogen-bond donors (Lipinski definition) is 5. The summed E-state index contributed by atoms with van der Waals surface area (Å²) in [6, 6.07) is 84.6. The van der Waals surface area contributed by atoms with Gasteiger partial charge in [0, 0.05) is 41.2 Å². The molecule has 12 aromatic rings. The Morgan fingerprint density at radius 3 is 1.35 bits per heavy atom. The van der Waals surface area contributed by atoms with Crippen LogP contribution >= 0.6 is 47.8 Å². The Kier molecular flexibility index (Phi) is 34.2. The van der Waals surface area contributed by atoms with E-state index in [4.69, 9.17) is 50.1 Å². The molecule has 2 aromatic heterocycles. The molecule has 0 saturated heterocycles. The number of carboxylic acid groups (broad SMARTS) is 2. The fourth-order valence-electron chi connectivity index (χ4n) is 7.64. The molecule has 0 saturated carbocycles. The van der Waals surface area contributed by atoms with Crippen molar-refractivity contribution in [2.45, 2.75) is 6.92 Å². The minimum absolute atomic E-state index is 0.117. The first-order chi connectivity index (χ1) is 48.0. The maximum Gasteiger partial charge on any atom is 0.569 e. The van der Waals surface area contributed by atoms with E-state index >= 15 is 0 Å². The molecule has 12 rings (SSSR count). The standard InChI is InChI=1S/C20H14N2O.C14H9BrN2O.C10H10O4.C7H6BO4.C7H7BrN2O.C7H4BrN.C7H6O2.CO2/c1-3-8-15(9-4-1)17-12-7-13-18(14-17)19-21-20(23-22-19)16-10-5-2-6-11-16;15-12-8-4-7-11(9-12)13-16-14(18-17-13)10-5-2-1-3-6-10;1-2-13-10(12)14-9(11)8-6-4-3-5-7-8;9-7(10)5-2-1-3-6(4-5)12-8-11;8-6-3-1-2-5(4-6)7(9)10-11;8-7-3-1-2-6(4-7)5-9;8-7(9)6-4-2-1-3-5-6;2-1-3/h1-14H;1-9H;3-7H,2H2,1H3;1-4,11H,(H,9,10);1-4,11H,(H2,9,10);1-4H;1-5H,(H,8,9);. The van der Waals surface area contributed by atoms with Crippen LogP contribution in [0.3, 0.4) is 0 Å². The number of esters is 1. The van der Waals surface area contributed by atoms with Gasteiger partial charge in [-0.15, -0.1) is 0 Å². The first-order valence-electron chi connectivity index (χ1n) is 28.8. The molecule has 0 atom stereocenters. The Hall–Kier alpha value is -12.2. The predicted octanol–water partition coefficient (Wildman–Crippen LogP) is 16.2. The van der Waals surface area contributed by atoms with Crippen molar-refractivity contribution in [3.63, 3.8) is 0 Å². The number of carbonyl (C=O) groups is 4. The topological polar surface area (TPSA) is 351 Å². The van der Waals surface area contributed by atoms with E-state index in [-0.39, 0.29) is 29.9 Å². The summed E-state index contributed by atoms with van der Waals surface area (Å²) in [5.41, 5.74) is 13.5. The average molecular weight is 1520 g/mol. The zero-order valence-electron chi connectivity index (χ0n) is 51.9. The molecule has 6 N–H and O–H groups in total. The zero-order valence-corrected chi connectivity index (χ0v) is 56.7. The number of carboxylic acids is 2. The number of nitrogens with two attached hydrogens (primary N) is 1. The van der Waals surface area contributed by atoms with Gasteiger partial charge in [0.05, 0.1) is 34.9 Å². The minimum Gasteiger partial charge on any atom is -0.537 e. The van der Waals surface area contributed by atoms with Gasteiger partial charge in [-0.2, -0.15) is 24.8 Å². The normalized spacial score (nSPS) is 9.72. The highest BCUT2D eigenvalue weighted by Crippen LogP contribution is 2.28. The summed E-state index contributed by atoms with van der Waals surface area (Å²) in [5, 5.41) is 52.9. The van der Waals surface area contributed by atoms with Gasteiger partial charge in [0.2, 0.25) is 11.6 Å². The van der Waals surface area contributed by atoms with Crippen LogP contribution in [-0.4, -0.2) is 91.1 Å². The molecule has 0 aliphatic carbocycles. The third kappa shape index (κ3) is 28.3. The van der Waals surface area contributed by atoms with Crippen molar-refractivity contribution in [2.75, 3.05) is 6.61 Å². The third-order valence-electron chi connectivity index (χ3n) is 12.1. The van der Waals surface area contributed by atoms with Crippen molar-refractivity contribution in [1.82, 2.24) is 20.3 Å². The van der Waals surface area contributed by atoms with E-state index in [1.807, 2.05) is 146 Å². The molecule has 0 aliphatic rings. The van der Waals surface area contributed by atoms with Crippen LogP contribution in [0.15, 0.2) is 301 Å². The molecule has 0 amide bonds. The van der Waals surface area contributed by atoms with E-state index in [0.717, 1.165) is 41.2 Å². The Labute approximate surface area is 592 Å². The lowest BCUT2D eigenvalue weighted by Gasteiger charge is -2.02. The molecular weight excluding hydrogens is 1470 g/mol. The molecule has 22 nitrogen and oxygen atoms in total. The fraction of sp³-hybridized carbons (Fsp3) is 0.0274. The van der Waals surface area contributed by atoms with E-state index in [1.54, 1.807) is 97.9 Å². The fourth-order valence-corrected chi connectivity index (χ4v) is 8.83. The zero-order chi connectivity index (χ0) is 71.6. The second kappa shape index (κ2) is 43.7. The molecule has 0 unspecified atom stereocenters. The van der Waals surface area contributed by atoms with Gasteiger partial charge in [0.15, 0.2) is 5.84 Å². The summed E-state index contributed by atoms with van der Waals surface area (Å²) in [6.07, 6.45) is -0.721. The largest absolute Gasteiger partial charge is 0.569 e. The van der Waals surface area contributed by atoms with Crippen LogP contribution in [0.2, 0.25) is 0 Å². The Morgan fingerprint density at radius 2 is 0.909 bits per heavy atom. The number of nitriles is 1. The van der Waals surface area contributed by atoms with Crippen LogP contribution in [0.4, 0.5) is 4.79 Å². The van der Waals surface area contributed by atoms with E-state index in [9.17, 15) is 19.2 Å². The number of carbonyl (C=O) groups excluding carboxylic acids is 4. The monoisotopic (exact) mass is 1520 g/mol. The number of oxime groups is 1. The van der Waals surface area contributed by atoms with Gasteiger partial charge in [-0.25, -0.2) is 19.2 Å². The molecule has 10 aromatic carbocycles. The Balaban J connectivity index is 0.000000212. The summed E-state index contributed by atoms with van der Waals surface area (Å²) in [5.74, 6) is 0.0508. The maximum absolute atomic E-state index is 11.2.